The topological polar surface area (TPSA) is 102 Å². The fourth-order valence-electron chi connectivity index (χ4n) is 2.24. The predicted octanol–water partition coefficient (Wildman–Crippen LogP) is 2.48. The molecular weight excluding hydrogens is 368 g/mol. The first-order chi connectivity index (χ1) is 12.8. The first-order valence-electron chi connectivity index (χ1n) is 8.45. The van der Waals surface area contributed by atoms with Crippen molar-refractivity contribution >= 4 is 27.6 Å². The molecule has 2 aromatic carbocycles. The normalized spacial score (nSPS) is 11.0. The lowest BCUT2D eigenvalue weighted by Crippen LogP contribution is -2.25. The molecule has 0 saturated heterocycles. The van der Waals surface area contributed by atoms with Gasteiger partial charge < -0.3 is 10.1 Å². The Kier molecular flexibility index (Phi) is 7.09. The number of aryl methyl sites for hydroxylation is 1. The third kappa shape index (κ3) is 6.19. The molecule has 0 aromatic heterocycles. The van der Waals surface area contributed by atoms with Crippen LogP contribution in [0.2, 0.25) is 0 Å². The molecule has 1 amide bonds. The highest BCUT2D eigenvalue weighted by Crippen LogP contribution is 2.13. The van der Waals surface area contributed by atoms with Gasteiger partial charge in [0.1, 0.15) is 0 Å². The second kappa shape index (κ2) is 9.29. The summed E-state index contributed by atoms with van der Waals surface area (Å²) in [7, 11) is -3.69. The van der Waals surface area contributed by atoms with E-state index in [1.165, 1.54) is 24.3 Å². The van der Waals surface area contributed by atoms with Gasteiger partial charge in [-0.25, -0.2) is 17.9 Å². The van der Waals surface area contributed by atoms with E-state index in [2.05, 4.69) is 10.0 Å². The second-order valence-corrected chi connectivity index (χ2v) is 7.69. The number of benzene rings is 2. The van der Waals surface area contributed by atoms with Crippen molar-refractivity contribution in [2.45, 2.75) is 25.2 Å². The summed E-state index contributed by atoms with van der Waals surface area (Å²) in [6, 6.07) is 12.7. The Morgan fingerprint density at radius 1 is 1.07 bits per heavy atom. The van der Waals surface area contributed by atoms with Gasteiger partial charge in [0.15, 0.2) is 6.61 Å². The number of amides is 1. The monoisotopic (exact) mass is 390 g/mol. The van der Waals surface area contributed by atoms with Gasteiger partial charge in [0.2, 0.25) is 10.0 Å². The standard InChI is InChI=1S/C19H22N2O5S/c1-3-10-20-27(24,25)17-9-5-7-15(12-17)19(23)26-13-18(22)21-16-8-4-6-14(2)11-16/h4-9,11-12,20H,3,10,13H2,1-2H3,(H,21,22). The van der Waals surface area contributed by atoms with Gasteiger partial charge in [-0.15, -0.1) is 0 Å². The molecule has 0 bridgehead atoms. The van der Waals surface area contributed by atoms with Crippen molar-refractivity contribution in [3.63, 3.8) is 0 Å². The van der Waals surface area contributed by atoms with Crippen LogP contribution in [0.5, 0.6) is 0 Å². The molecule has 0 aliphatic carbocycles. The van der Waals surface area contributed by atoms with Crippen LogP contribution in [0.3, 0.4) is 0 Å². The molecule has 7 nitrogen and oxygen atoms in total. The number of carbonyl (C=O) groups is 2. The van der Waals surface area contributed by atoms with E-state index in [0.29, 0.717) is 18.7 Å². The van der Waals surface area contributed by atoms with E-state index in [4.69, 9.17) is 4.74 Å². The van der Waals surface area contributed by atoms with E-state index in [1.54, 1.807) is 18.2 Å². The number of hydrogen-bond donors (Lipinski definition) is 2. The number of carbonyl (C=O) groups excluding carboxylic acids is 2. The van der Waals surface area contributed by atoms with Crippen LogP contribution in [0.15, 0.2) is 53.4 Å². The van der Waals surface area contributed by atoms with Gasteiger partial charge in [0.25, 0.3) is 5.91 Å². The third-order valence-corrected chi connectivity index (χ3v) is 5.02. The van der Waals surface area contributed by atoms with Crippen LogP contribution in [0.4, 0.5) is 5.69 Å². The molecule has 0 unspecified atom stereocenters. The highest BCUT2D eigenvalue weighted by atomic mass is 32.2. The van der Waals surface area contributed by atoms with Crippen LogP contribution in [-0.4, -0.2) is 33.4 Å². The van der Waals surface area contributed by atoms with Gasteiger partial charge in [0.05, 0.1) is 10.5 Å². The lowest BCUT2D eigenvalue weighted by Gasteiger charge is -2.09. The molecule has 2 aromatic rings. The number of sulfonamides is 1. The zero-order chi connectivity index (χ0) is 19.9. The summed E-state index contributed by atoms with van der Waals surface area (Å²) in [5, 5.41) is 2.63. The number of hydrogen-bond acceptors (Lipinski definition) is 5. The summed E-state index contributed by atoms with van der Waals surface area (Å²) >= 11 is 0. The molecule has 2 N–H and O–H groups in total. The van der Waals surface area contributed by atoms with Crippen molar-refractivity contribution in [1.29, 1.82) is 0 Å². The molecule has 8 heteroatoms. The Labute approximate surface area is 158 Å². The average molecular weight is 390 g/mol. The van der Waals surface area contributed by atoms with Crippen molar-refractivity contribution in [1.82, 2.24) is 4.72 Å². The summed E-state index contributed by atoms with van der Waals surface area (Å²) in [4.78, 5) is 24.0. The van der Waals surface area contributed by atoms with Crippen LogP contribution in [0.25, 0.3) is 0 Å². The lowest BCUT2D eigenvalue weighted by atomic mass is 10.2. The fourth-order valence-corrected chi connectivity index (χ4v) is 3.42. The minimum absolute atomic E-state index is 0.0328. The Bertz CT molecular complexity index is 925. The molecule has 144 valence electrons. The van der Waals surface area contributed by atoms with E-state index in [0.717, 1.165) is 5.56 Å². The van der Waals surface area contributed by atoms with E-state index >= 15 is 0 Å². The van der Waals surface area contributed by atoms with E-state index in [1.807, 2.05) is 19.9 Å². The number of ether oxygens (including phenoxy) is 1. The Hall–Kier alpha value is -2.71. The molecule has 0 atom stereocenters. The van der Waals surface area contributed by atoms with Crippen LogP contribution in [0, 0.1) is 6.92 Å². The van der Waals surface area contributed by atoms with Crippen LogP contribution < -0.4 is 10.0 Å². The first-order valence-corrected chi connectivity index (χ1v) is 9.93. The maximum absolute atomic E-state index is 12.1. The van der Waals surface area contributed by atoms with Crippen LogP contribution in [-0.2, 0) is 19.6 Å². The molecule has 0 heterocycles. The fraction of sp³-hybridized carbons (Fsp3) is 0.263. The summed E-state index contributed by atoms with van der Waals surface area (Å²) in [6.07, 6.45) is 0.650. The second-order valence-electron chi connectivity index (χ2n) is 5.92. The Balaban J connectivity index is 1.98. The van der Waals surface area contributed by atoms with Crippen LogP contribution in [0.1, 0.15) is 29.3 Å². The number of esters is 1. The van der Waals surface area contributed by atoms with Crippen molar-refractivity contribution in [2.75, 3.05) is 18.5 Å². The van der Waals surface area contributed by atoms with Gasteiger partial charge in [-0.05, 0) is 49.2 Å². The maximum atomic E-state index is 12.1. The molecule has 0 fully saturated rings. The minimum Gasteiger partial charge on any atom is -0.452 e. The van der Waals surface area contributed by atoms with Crippen LogP contribution >= 0.6 is 0 Å². The van der Waals surface area contributed by atoms with Gasteiger partial charge >= 0.3 is 5.97 Å². The molecule has 0 spiro atoms. The zero-order valence-electron chi connectivity index (χ0n) is 15.2. The summed E-state index contributed by atoms with van der Waals surface area (Å²) < 4.78 is 31.7. The van der Waals surface area contributed by atoms with Gasteiger partial charge in [-0.2, -0.15) is 0 Å². The summed E-state index contributed by atoms with van der Waals surface area (Å²) in [5.74, 6) is -1.26. The zero-order valence-corrected chi connectivity index (χ0v) is 16.0. The van der Waals surface area contributed by atoms with Gasteiger partial charge in [-0.3, -0.25) is 4.79 Å². The van der Waals surface area contributed by atoms with Gasteiger partial charge in [-0.1, -0.05) is 25.1 Å². The quantitative estimate of drug-likeness (QED) is 0.674. The molecule has 0 aliphatic rings. The number of nitrogens with one attached hydrogen (secondary N) is 2. The summed E-state index contributed by atoms with van der Waals surface area (Å²) in [6.45, 7) is 3.57. The maximum Gasteiger partial charge on any atom is 0.338 e. The van der Waals surface area contributed by atoms with E-state index < -0.39 is 28.5 Å². The van der Waals surface area contributed by atoms with Crippen molar-refractivity contribution in [3.05, 3.63) is 59.7 Å². The molecule has 27 heavy (non-hydrogen) atoms. The highest BCUT2D eigenvalue weighted by Gasteiger charge is 2.17. The van der Waals surface area contributed by atoms with E-state index in [-0.39, 0.29) is 10.5 Å². The Morgan fingerprint density at radius 2 is 1.81 bits per heavy atom. The predicted molar refractivity (Wildman–Crippen MR) is 102 cm³/mol. The molecular formula is C19H22N2O5S. The number of anilines is 1. The highest BCUT2D eigenvalue weighted by molar-refractivity contribution is 7.89. The minimum atomic E-state index is -3.69. The largest absolute Gasteiger partial charge is 0.452 e. The van der Waals surface area contributed by atoms with Crippen molar-refractivity contribution in [2.24, 2.45) is 0 Å². The SMILES string of the molecule is CCCNS(=O)(=O)c1cccc(C(=O)OCC(=O)Nc2cccc(C)c2)c1. The molecule has 2 rings (SSSR count). The molecule has 0 saturated carbocycles. The lowest BCUT2D eigenvalue weighted by molar-refractivity contribution is -0.119. The number of rotatable bonds is 8. The third-order valence-electron chi connectivity index (χ3n) is 3.56. The van der Waals surface area contributed by atoms with Crippen molar-refractivity contribution in [3.8, 4) is 0 Å². The first kappa shape index (κ1) is 20.6. The summed E-state index contributed by atoms with van der Waals surface area (Å²) in [5.41, 5.74) is 1.64. The van der Waals surface area contributed by atoms with E-state index in [9.17, 15) is 18.0 Å². The smallest absolute Gasteiger partial charge is 0.338 e. The average Bonchev–Trinajstić information content (AvgIpc) is 2.64. The molecule has 0 aliphatic heterocycles. The van der Waals surface area contributed by atoms with Crippen molar-refractivity contribution < 1.29 is 22.7 Å². The van der Waals surface area contributed by atoms with Gasteiger partial charge in [0, 0.05) is 12.2 Å². The molecule has 0 radical (unpaired) electrons. The Morgan fingerprint density at radius 3 is 2.52 bits per heavy atom.